The second-order valence-corrected chi connectivity index (χ2v) is 3.51. The lowest BCUT2D eigenvalue weighted by Crippen LogP contribution is -2.06. The third-order valence-corrected chi connectivity index (χ3v) is 2.27. The molecule has 0 saturated heterocycles. The van der Waals surface area contributed by atoms with E-state index in [9.17, 15) is 10.1 Å². The molecule has 0 unspecified atom stereocenters. The summed E-state index contributed by atoms with van der Waals surface area (Å²) in [6.45, 7) is 0.280. The molecular formula is C11H8N6O2. The highest BCUT2D eigenvalue weighted by Gasteiger charge is 2.16. The number of hydrogen-bond donors (Lipinski definition) is 1. The molecule has 0 aliphatic carbocycles. The van der Waals surface area contributed by atoms with E-state index in [0.717, 1.165) is 0 Å². The normalized spacial score (nSPS) is 9.63. The molecule has 0 bridgehead atoms. The molecule has 0 fully saturated rings. The maximum absolute atomic E-state index is 10.9. The maximum Gasteiger partial charge on any atom is 0.312 e. The van der Waals surface area contributed by atoms with Crippen molar-refractivity contribution in [2.45, 2.75) is 6.54 Å². The smallest absolute Gasteiger partial charge is 0.312 e. The van der Waals surface area contributed by atoms with Crippen molar-refractivity contribution in [2.24, 2.45) is 0 Å². The molecule has 2 aromatic rings. The van der Waals surface area contributed by atoms with Crippen molar-refractivity contribution in [1.29, 1.82) is 5.26 Å². The summed E-state index contributed by atoms with van der Waals surface area (Å²) in [5.74, 6) is 0.0996. The van der Waals surface area contributed by atoms with Crippen LogP contribution < -0.4 is 5.32 Å². The van der Waals surface area contributed by atoms with Gasteiger partial charge in [-0.15, -0.1) is 0 Å². The van der Waals surface area contributed by atoms with E-state index in [1.54, 1.807) is 12.3 Å². The number of aromatic nitrogens is 3. The number of nitro groups is 1. The summed E-state index contributed by atoms with van der Waals surface area (Å²) in [5.41, 5.74) is 0.572. The largest absolute Gasteiger partial charge is 0.359 e. The van der Waals surface area contributed by atoms with Crippen LogP contribution in [0.3, 0.4) is 0 Å². The molecule has 0 aliphatic rings. The van der Waals surface area contributed by atoms with Gasteiger partial charge in [0, 0.05) is 18.5 Å². The minimum atomic E-state index is -0.587. The molecule has 1 N–H and O–H groups in total. The molecule has 0 atom stereocenters. The van der Waals surface area contributed by atoms with Crippen LogP contribution in [0.2, 0.25) is 0 Å². The van der Waals surface area contributed by atoms with Crippen molar-refractivity contribution in [3.63, 3.8) is 0 Å². The molecule has 0 aliphatic heterocycles. The van der Waals surface area contributed by atoms with Gasteiger partial charge in [-0.3, -0.25) is 10.1 Å². The molecule has 8 heteroatoms. The van der Waals surface area contributed by atoms with Crippen LogP contribution in [0.4, 0.5) is 11.5 Å². The summed E-state index contributed by atoms with van der Waals surface area (Å²) in [5, 5.41) is 22.4. The zero-order valence-electron chi connectivity index (χ0n) is 9.65. The quantitative estimate of drug-likeness (QED) is 0.646. The third-order valence-electron chi connectivity index (χ3n) is 2.27. The number of nitrogens with one attached hydrogen (secondary N) is 1. The van der Waals surface area contributed by atoms with Crippen LogP contribution in [0.15, 0.2) is 30.9 Å². The Morgan fingerprint density at radius 3 is 2.95 bits per heavy atom. The first-order valence-electron chi connectivity index (χ1n) is 5.24. The summed E-state index contributed by atoms with van der Waals surface area (Å²) in [6.07, 6.45) is 4.23. The molecule has 0 spiro atoms. The Morgan fingerprint density at radius 1 is 1.47 bits per heavy atom. The summed E-state index contributed by atoms with van der Waals surface area (Å²) in [7, 11) is 0. The highest BCUT2D eigenvalue weighted by Crippen LogP contribution is 2.22. The van der Waals surface area contributed by atoms with Gasteiger partial charge in [0.05, 0.1) is 22.7 Å². The van der Waals surface area contributed by atoms with Crippen LogP contribution in [0.25, 0.3) is 0 Å². The number of nitriles is 1. The van der Waals surface area contributed by atoms with E-state index < -0.39 is 4.92 Å². The van der Waals surface area contributed by atoms with Crippen LogP contribution in [0.1, 0.15) is 11.3 Å². The molecule has 8 nitrogen and oxygen atoms in total. The van der Waals surface area contributed by atoms with Gasteiger partial charge < -0.3 is 5.32 Å². The fourth-order valence-electron chi connectivity index (χ4n) is 1.39. The number of rotatable bonds is 4. The van der Waals surface area contributed by atoms with Gasteiger partial charge in [0.1, 0.15) is 12.4 Å². The Hall–Kier alpha value is -3.08. The second kappa shape index (κ2) is 5.50. The first-order chi connectivity index (χ1) is 9.20. The number of anilines is 1. The van der Waals surface area contributed by atoms with E-state index >= 15 is 0 Å². The zero-order chi connectivity index (χ0) is 13.7. The average Bonchev–Trinajstić information content (AvgIpc) is 2.46. The highest BCUT2D eigenvalue weighted by atomic mass is 16.6. The first kappa shape index (κ1) is 12.4. The van der Waals surface area contributed by atoms with Crippen LogP contribution >= 0.6 is 0 Å². The monoisotopic (exact) mass is 256 g/mol. The minimum absolute atomic E-state index is 0.0996. The summed E-state index contributed by atoms with van der Waals surface area (Å²) in [6, 6.07) is 4.67. The van der Waals surface area contributed by atoms with E-state index in [0.29, 0.717) is 5.69 Å². The van der Waals surface area contributed by atoms with E-state index in [1.165, 1.54) is 18.6 Å². The Labute approximate surface area is 107 Å². The van der Waals surface area contributed by atoms with Gasteiger partial charge in [-0.05, 0) is 6.07 Å². The van der Waals surface area contributed by atoms with Crippen molar-refractivity contribution < 1.29 is 4.92 Å². The van der Waals surface area contributed by atoms with Crippen molar-refractivity contribution in [1.82, 2.24) is 15.0 Å². The minimum Gasteiger partial charge on any atom is -0.359 e. The predicted octanol–water partition coefficient (Wildman–Crippen LogP) is 1.26. The van der Waals surface area contributed by atoms with Gasteiger partial charge >= 0.3 is 5.69 Å². The molecule has 0 aromatic carbocycles. The molecule has 94 valence electrons. The molecule has 2 rings (SSSR count). The van der Waals surface area contributed by atoms with Gasteiger partial charge in [-0.1, -0.05) is 0 Å². The van der Waals surface area contributed by atoms with E-state index in [4.69, 9.17) is 5.26 Å². The van der Waals surface area contributed by atoms with Crippen molar-refractivity contribution in [3.05, 3.63) is 52.2 Å². The lowest BCUT2D eigenvalue weighted by atomic mass is 10.2. The second-order valence-electron chi connectivity index (χ2n) is 3.51. The summed E-state index contributed by atoms with van der Waals surface area (Å²) < 4.78 is 0. The first-order valence-corrected chi connectivity index (χ1v) is 5.24. The number of hydrogen-bond acceptors (Lipinski definition) is 7. The molecule has 19 heavy (non-hydrogen) atoms. The Bertz CT molecular complexity index is 637. The zero-order valence-corrected chi connectivity index (χ0v) is 9.65. The van der Waals surface area contributed by atoms with Crippen molar-refractivity contribution >= 4 is 11.5 Å². The lowest BCUT2D eigenvalue weighted by molar-refractivity contribution is -0.384. The molecule has 2 heterocycles. The maximum atomic E-state index is 10.9. The van der Waals surface area contributed by atoms with Crippen LogP contribution in [0.5, 0.6) is 0 Å². The molecule has 2 aromatic heterocycles. The Kier molecular flexibility index (Phi) is 3.59. The molecule has 0 radical (unpaired) electrons. The molecule has 0 amide bonds. The average molecular weight is 256 g/mol. The Balaban J connectivity index is 2.21. The third kappa shape index (κ3) is 2.98. The topological polar surface area (TPSA) is 118 Å². The van der Waals surface area contributed by atoms with Crippen molar-refractivity contribution in [3.8, 4) is 6.07 Å². The molecule has 0 saturated carbocycles. The fourth-order valence-corrected chi connectivity index (χ4v) is 1.39. The predicted molar refractivity (Wildman–Crippen MR) is 65.0 cm³/mol. The Morgan fingerprint density at radius 2 is 2.32 bits per heavy atom. The van der Waals surface area contributed by atoms with Gasteiger partial charge in [0.25, 0.3) is 0 Å². The number of pyridine rings is 1. The van der Waals surface area contributed by atoms with E-state index in [1.807, 2.05) is 6.07 Å². The highest BCUT2D eigenvalue weighted by molar-refractivity contribution is 5.58. The SMILES string of the molecule is N#Cc1cnc(NCc2ccncn2)c([N+](=O)[O-])c1. The van der Waals surface area contributed by atoms with Gasteiger partial charge in [-0.25, -0.2) is 15.0 Å². The van der Waals surface area contributed by atoms with Gasteiger partial charge in [-0.2, -0.15) is 5.26 Å². The van der Waals surface area contributed by atoms with Crippen LogP contribution in [0, 0.1) is 21.4 Å². The van der Waals surface area contributed by atoms with E-state index in [-0.39, 0.29) is 23.6 Å². The van der Waals surface area contributed by atoms with Crippen LogP contribution in [-0.2, 0) is 6.54 Å². The molecular weight excluding hydrogens is 248 g/mol. The van der Waals surface area contributed by atoms with E-state index in [2.05, 4.69) is 20.3 Å². The number of nitrogens with zero attached hydrogens (tertiary/aromatic N) is 5. The van der Waals surface area contributed by atoms with Crippen molar-refractivity contribution in [2.75, 3.05) is 5.32 Å². The fraction of sp³-hybridized carbons (Fsp3) is 0.0909. The van der Waals surface area contributed by atoms with Gasteiger partial charge in [0.2, 0.25) is 5.82 Å². The lowest BCUT2D eigenvalue weighted by Gasteiger charge is -2.05. The van der Waals surface area contributed by atoms with Crippen LogP contribution in [-0.4, -0.2) is 19.9 Å². The summed E-state index contributed by atoms with van der Waals surface area (Å²) in [4.78, 5) is 21.9. The van der Waals surface area contributed by atoms with Gasteiger partial charge in [0.15, 0.2) is 0 Å². The summed E-state index contributed by atoms with van der Waals surface area (Å²) >= 11 is 0. The standard InChI is InChI=1S/C11H8N6O2/c12-4-8-3-10(17(18)19)11(14-5-8)15-6-9-1-2-13-7-16-9/h1-3,5,7H,6H2,(H,14,15).